The van der Waals surface area contributed by atoms with Crippen LogP contribution in [-0.2, 0) is 9.53 Å². The van der Waals surface area contributed by atoms with E-state index in [1.54, 1.807) is 6.92 Å². The van der Waals surface area contributed by atoms with Gasteiger partial charge in [-0.15, -0.1) is 0 Å². The highest BCUT2D eigenvalue weighted by Crippen LogP contribution is 2.19. The number of amides is 1. The Kier molecular flexibility index (Phi) is 4.69. The Hall–Kier alpha value is -3.23. The molecule has 23 heavy (non-hydrogen) atoms. The Labute approximate surface area is 131 Å². The standard InChI is InChI=1S/C14H13N3O6/c1-9-12(13(18)22-2)7-16(8-15-9)14(19)23-11-5-3-10(4-6-11)17(20)21/h3-7H,8H2,1-2H3. The number of rotatable bonds is 3. The summed E-state index contributed by atoms with van der Waals surface area (Å²) < 4.78 is 9.70. The molecule has 0 N–H and O–H groups in total. The van der Waals surface area contributed by atoms with Crippen LogP contribution in [0.5, 0.6) is 5.75 Å². The molecule has 0 aromatic heterocycles. The number of carbonyl (C=O) groups excluding carboxylic acids is 2. The van der Waals surface area contributed by atoms with E-state index in [0.29, 0.717) is 5.71 Å². The van der Waals surface area contributed by atoms with Crippen LogP contribution in [0.3, 0.4) is 0 Å². The van der Waals surface area contributed by atoms with Gasteiger partial charge < -0.3 is 9.47 Å². The van der Waals surface area contributed by atoms with Crippen LogP contribution in [0.2, 0.25) is 0 Å². The Balaban J connectivity index is 2.10. The maximum atomic E-state index is 12.1. The molecular formula is C14H13N3O6. The number of nitro benzene ring substituents is 1. The monoisotopic (exact) mass is 319 g/mol. The minimum atomic E-state index is -0.767. The van der Waals surface area contributed by atoms with Crippen LogP contribution < -0.4 is 4.74 Å². The molecule has 0 unspecified atom stereocenters. The summed E-state index contributed by atoms with van der Waals surface area (Å²) in [6.45, 7) is 1.62. The second kappa shape index (κ2) is 6.69. The SMILES string of the molecule is COC(=O)C1=CN(C(=O)Oc2ccc([N+](=O)[O-])cc2)CN=C1C. The number of methoxy groups -OCH3 is 1. The zero-order valence-corrected chi connectivity index (χ0v) is 12.4. The highest BCUT2D eigenvalue weighted by atomic mass is 16.6. The second-order valence-corrected chi connectivity index (χ2v) is 4.51. The predicted molar refractivity (Wildman–Crippen MR) is 79.0 cm³/mol. The van der Waals surface area contributed by atoms with Crippen LogP contribution in [0, 0.1) is 10.1 Å². The fourth-order valence-corrected chi connectivity index (χ4v) is 1.77. The lowest BCUT2D eigenvalue weighted by atomic mass is 10.2. The Bertz CT molecular complexity index is 708. The van der Waals surface area contributed by atoms with Crippen LogP contribution in [0.25, 0.3) is 0 Å². The summed E-state index contributed by atoms with van der Waals surface area (Å²) in [6.07, 6.45) is 0.526. The minimum Gasteiger partial charge on any atom is -0.465 e. The first kappa shape index (κ1) is 16.1. The van der Waals surface area contributed by atoms with Crippen molar-refractivity contribution in [1.82, 2.24) is 4.90 Å². The van der Waals surface area contributed by atoms with Gasteiger partial charge in [-0.05, 0) is 19.1 Å². The summed E-state index contributed by atoms with van der Waals surface area (Å²) in [5.74, 6) is -0.473. The molecule has 1 aliphatic heterocycles. The van der Waals surface area contributed by atoms with Gasteiger partial charge in [0.2, 0.25) is 0 Å². The third-order valence-corrected chi connectivity index (χ3v) is 3.03. The largest absolute Gasteiger partial charge is 0.465 e. The Morgan fingerprint density at radius 1 is 1.30 bits per heavy atom. The van der Waals surface area contributed by atoms with Gasteiger partial charge in [0.25, 0.3) is 5.69 Å². The molecule has 0 aliphatic carbocycles. The van der Waals surface area contributed by atoms with Gasteiger partial charge in [-0.25, -0.2) is 9.59 Å². The normalized spacial score (nSPS) is 13.7. The lowest BCUT2D eigenvalue weighted by molar-refractivity contribution is -0.384. The molecule has 1 aromatic rings. The van der Waals surface area contributed by atoms with E-state index >= 15 is 0 Å². The van der Waals surface area contributed by atoms with Gasteiger partial charge in [-0.1, -0.05) is 0 Å². The van der Waals surface area contributed by atoms with E-state index in [-0.39, 0.29) is 23.7 Å². The number of ether oxygens (including phenoxy) is 2. The summed E-state index contributed by atoms with van der Waals surface area (Å²) in [5, 5.41) is 10.6. The first-order chi connectivity index (χ1) is 10.9. The van der Waals surface area contributed by atoms with Crippen molar-refractivity contribution >= 4 is 23.5 Å². The maximum absolute atomic E-state index is 12.1. The number of benzene rings is 1. The number of hydrogen-bond donors (Lipinski definition) is 0. The lowest BCUT2D eigenvalue weighted by Gasteiger charge is -2.21. The molecule has 0 bridgehead atoms. The number of hydrogen-bond acceptors (Lipinski definition) is 7. The molecule has 0 radical (unpaired) electrons. The van der Waals surface area contributed by atoms with Gasteiger partial charge in [0.1, 0.15) is 12.4 Å². The smallest absolute Gasteiger partial charge is 0.420 e. The van der Waals surface area contributed by atoms with E-state index in [1.165, 1.54) is 37.6 Å². The predicted octanol–water partition coefficient (Wildman–Crippen LogP) is 1.88. The molecule has 1 amide bonds. The topological polar surface area (TPSA) is 111 Å². The maximum Gasteiger partial charge on any atom is 0.420 e. The fourth-order valence-electron chi connectivity index (χ4n) is 1.77. The zero-order valence-electron chi connectivity index (χ0n) is 12.4. The van der Waals surface area contributed by atoms with Crippen molar-refractivity contribution in [3.63, 3.8) is 0 Å². The second-order valence-electron chi connectivity index (χ2n) is 4.51. The van der Waals surface area contributed by atoms with Crippen molar-refractivity contribution in [2.75, 3.05) is 13.8 Å². The molecule has 1 aliphatic rings. The van der Waals surface area contributed by atoms with Crippen LogP contribution in [-0.4, -0.2) is 41.4 Å². The average molecular weight is 319 g/mol. The molecule has 0 fully saturated rings. The minimum absolute atomic E-state index is 0.00184. The summed E-state index contributed by atoms with van der Waals surface area (Å²) >= 11 is 0. The van der Waals surface area contributed by atoms with Crippen molar-refractivity contribution in [2.45, 2.75) is 6.92 Å². The highest BCUT2D eigenvalue weighted by Gasteiger charge is 2.23. The van der Waals surface area contributed by atoms with Crippen LogP contribution in [0.1, 0.15) is 6.92 Å². The number of aliphatic imine (C=N–C) groups is 1. The highest BCUT2D eigenvalue weighted by molar-refractivity contribution is 6.19. The van der Waals surface area contributed by atoms with Gasteiger partial charge >= 0.3 is 12.1 Å². The quantitative estimate of drug-likeness (QED) is 0.478. The third kappa shape index (κ3) is 3.70. The van der Waals surface area contributed by atoms with Gasteiger partial charge in [-0.3, -0.25) is 20.0 Å². The molecule has 2 rings (SSSR count). The number of non-ortho nitro benzene ring substituents is 1. The van der Waals surface area contributed by atoms with Crippen molar-refractivity contribution in [3.05, 3.63) is 46.2 Å². The lowest BCUT2D eigenvalue weighted by Crippen LogP contribution is -2.34. The molecular weight excluding hydrogens is 306 g/mol. The molecule has 0 saturated heterocycles. The first-order valence-corrected chi connectivity index (χ1v) is 6.47. The average Bonchev–Trinajstić information content (AvgIpc) is 2.55. The molecule has 0 spiro atoms. The van der Waals surface area contributed by atoms with Crippen molar-refractivity contribution in [2.24, 2.45) is 4.99 Å². The van der Waals surface area contributed by atoms with Gasteiger partial charge in [-0.2, -0.15) is 0 Å². The molecule has 1 aromatic carbocycles. The summed E-state index contributed by atoms with van der Waals surface area (Å²) in [4.78, 5) is 38.8. The van der Waals surface area contributed by atoms with Crippen LogP contribution >= 0.6 is 0 Å². The summed E-state index contributed by atoms with van der Waals surface area (Å²) in [5.41, 5.74) is 0.492. The van der Waals surface area contributed by atoms with Crippen LogP contribution in [0.15, 0.2) is 41.0 Å². The number of carbonyl (C=O) groups is 2. The third-order valence-electron chi connectivity index (χ3n) is 3.03. The number of esters is 1. The van der Waals surface area contributed by atoms with Gasteiger partial charge in [0.15, 0.2) is 0 Å². The molecule has 120 valence electrons. The van der Waals surface area contributed by atoms with Crippen LogP contribution in [0.4, 0.5) is 10.5 Å². The van der Waals surface area contributed by atoms with E-state index in [4.69, 9.17) is 4.74 Å². The summed E-state index contributed by atoms with van der Waals surface area (Å²) in [7, 11) is 1.23. The molecule has 0 atom stereocenters. The fraction of sp³-hybridized carbons (Fsp3) is 0.214. The van der Waals surface area contributed by atoms with E-state index in [0.717, 1.165) is 4.90 Å². The Morgan fingerprint density at radius 3 is 2.52 bits per heavy atom. The molecule has 9 heteroatoms. The van der Waals surface area contributed by atoms with Crippen molar-refractivity contribution in [1.29, 1.82) is 0 Å². The van der Waals surface area contributed by atoms with Gasteiger partial charge in [0.05, 0.1) is 17.6 Å². The van der Waals surface area contributed by atoms with E-state index in [9.17, 15) is 19.7 Å². The molecule has 1 heterocycles. The first-order valence-electron chi connectivity index (χ1n) is 6.47. The van der Waals surface area contributed by atoms with Crippen molar-refractivity contribution in [3.8, 4) is 5.75 Å². The number of nitro groups is 1. The molecule has 0 saturated carbocycles. The summed E-state index contributed by atoms with van der Waals surface area (Å²) in [6, 6.07) is 5.05. The molecule has 9 nitrogen and oxygen atoms in total. The zero-order chi connectivity index (χ0) is 17.0. The van der Waals surface area contributed by atoms with E-state index < -0.39 is 17.0 Å². The van der Waals surface area contributed by atoms with E-state index in [2.05, 4.69) is 9.73 Å². The van der Waals surface area contributed by atoms with Gasteiger partial charge in [0, 0.05) is 24.0 Å². The Morgan fingerprint density at radius 2 is 1.96 bits per heavy atom. The number of nitrogens with zero attached hydrogens (tertiary/aromatic N) is 3. The van der Waals surface area contributed by atoms with E-state index in [1.807, 2.05) is 0 Å². The van der Waals surface area contributed by atoms with Crippen molar-refractivity contribution < 1.29 is 24.0 Å².